The Bertz CT molecular complexity index is 992. The van der Waals surface area contributed by atoms with E-state index in [9.17, 15) is 19.6 Å². The average Bonchev–Trinajstić information content (AvgIpc) is 3.56. The minimum Gasteiger partial charge on any atom is -0.344 e. The van der Waals surface area contributed by atoms with Crippen molar-refractivity contribution in [2.45, 2.75) is 97.8 Å². The number of hydrogen-bond acceptors (Lipinski definition) is 5. The van der Waals surface area contributed by atoms with Gasteiger partial charge in [-0.15, -0.1) is 0 Å². The quantitative estimate of drug-likeness (QED) is 0.289. The third kappa shape index (κ3) is 6.75. The summed E-state index contributed by atoms with van der Waals surface area (Å²) >= 11 is 0. The first-order chi connectivity index (χ1) is 18.1. The third-order valence-corrected chi connectivity index (χ3v) is 8.93. The molecule has 2 N–H and O–H groups in total. The van der Waals surface area contributed by atoms with Gasteiger partial charge in [-0.1, -0.05) is 64.7 Å². The lowest BCUT2D eigenvalue weighted by Gasteiger charge is -2.40. The summed E-state index contributed by atoms with van der Waals surface area (Å²) in [6.07, 6.45) is 7.23. The van der Waals surface area contributed by atoms with E-state index in [4.69, 9.17) is 0 Å². The van der Waals surface area contributed by atoms with Crippen LogP contribution in [-0.4, -0.2) is 70.0 Å². The molecule has 1 saturated heterocycles. The van der Waals surface area contributed by atoms with Crippen LogP contribution in [0, 0.1) is 24.2 Å². The molecule has 0 unspecified atom stereocenters. The largest absolute Gasteiger partial charge is 0.344 e. The summed E-state index contributed by atoms with van der Waals surface area (Å²) in [5, 5.41) is 13.5. The molecule has 2 heterocycles. The number of benzene rings is 1. The number of amides is 3. The van der Waals surface area contributed by atoms with Gasteiger partial charge in [-0.05, 0) is 54.2 Å². The van der Waals surface area contributed by atoms with Gasteiger partial charge in [-0.25, -0.2) is 5.06 Å². The van der Waals surface area contributed by atoms with Crippen LogP contribution in [0.25, 0.3) is 0 Å². The second-order valence-corrected chi connectivity index (χ2v) is 12.8. The van der Waals surface area contributed by atoms with E-state index in [0.29, 0.717) is 42.9 Å². The number of carbonyl (C=O) groups excluding carboxylic acids is 3. The smallest absolute Gasteiger partial charge is 0.245 e. The van der Waals surface area contributed by atoms with Crippen molar-refractivity contribution in [3.8, 4) is 0 Å². The van der Waals surface area contributed by atoms with Gasteiger partial charge in [-0.3, -0.25) is 24.5 Å². The summed E-state index contributed by atoms with van der Waals surface area (Å²) in [7, 11) is 0. The molecule has 3 amide bonds. The molecule has 4 rings (SSSR count). The van der Waals surface area contributed by atoms with Crippen LogP contribution in [-0.2, 0) is 27.5 Å². The predicted molar refractivity (Wildman–Crippen MR) is 146 cm³/mol. The zero-order valence-electron chi connectivity index (χ0n) is 23.6. The van der Waals surface area contributed by atoms with E-state index in [-0.39, 0.29) is 18.4 Å². The molecule has 2 aliphatic heterocycles. The molecule has 2 fully saturated rings. The molecule has 210 valence electrons. The van der Waals surface area contributed by atoms with Crippen LogP contribution in [0.15, 0.2) is 18.2 Å². The van der Waals surface area contributed by atoms with E-state index in [2.05, 4.69) is 35.3 Å². The van der Waals surface area contributed by atoms with Crippen molar-refractivity contribution in [1.82, 2.24) is 20.2 Å². The molecule has 0 spiro atoms. The topological polar surface area (TPSA) is 93.2 Å². The molecule has 2 atom stereocenters. The van der Waals surface area contributed by atoms with Crippen molar-refractivity contribution in [2.75, 3.05) is 19.6 Å². The molecule has 0 radical (unpaired) electrons. The van der Waals surface area contributed by atoms with Gasteiger partial charge in [-0.2, -0.15) is 0 Å². The van der Waals surface area contributed by atoms with E-state index in [1.165, 1.54) is 16.7 Å². The molecule has 3 aliphatic rings. The van der Waals surface area contributed by atoms with Gasteiger partial charge >= 0.3 is 0 Å². The van der Waals surface area contributed by atoms with Crippen molar-refractivity contribution >= 4 is 18.2 Å². The predicted octanol–water partition coefficient (Wildman–Crippen LogP) is 3.88. The molecule has 1 aliphatic carbocycles. The Kier molecular flexibility index (Phi) is 9.14. The number of nitrogens with one attached hydrogen (secondary N) is 1. The van der Waals surface area contributed by atoms with E-state index < -0.39 is 17.4 Å². The van der Waals surface area contributed by atoms with Crippen LogP contribution in [0.5, 0.6) is 0 Å². The molecule has 0 bridgehead atoms. The van der Waals surface area contributed by atoms with Gasteiger partial charge in [0.05, 0.1) is 12.5 Å². The third-order valence-electron chi connectivity index (χ3n) is 8.93. The van der Waals surface area contributed by atoms with Gasteiger partial charge in [0.2, 0.25) is 18.2 Å². The molecule has 0 aromatic heterocycles. The van der Waals surface area contributed by atoms with E-state index in [0.717, 1.165) is 51.6 Å². The number of aryl methyl sites for hydroxylation is 1. The second kappa shape index (κ2) is 12.2. The summed E-state index contributed by atoms with van der Waals surface area (Å²) in [5.41, 5.74) is 3.75. The summed E-state index contributed by atoms with van der Waals surface area (Å²) in [4.78, 5) is 42.7. The van der Waals surface area contributed by atoms with Crippen molar-refractivity contribution < 1.29 is 19.6 Å². The zero-order chi connectivity index (χ0) is 27.4. The number of hydrogen-bond donors (Lipinski definition) is 2. The highest BCUT2D eigenvalue weighted by molar-refractivity contribution is 5.89. The molecule has 1 aromatic rings. The van der Waals surface area contributed by atoms with Crippen LogP contribution in [0.1, 0.15) is 82.4 Å². The lowest BCUT2D eigenvalue weighted by atomic mass is 9.84. The number of hydroxylamine groups is 2. The monoisotopic (exact) mass is 526 g/mol. The Morgan fingerprint density at radius 2 is 1.82 bits per heavy atom. The number of rotatable bonds is 9. The summed E-state index contributed by atoms with van der Waals surface area (Å²) in [6.45, 7) is 11.4. The normalized spacial score (nSPS) is 20.7. The Morgan fingerprint density at radius 1 is 1.13 bits per heavy atom. The molecule has 8 heteroatoms. The first kappa shape index (κ1) is 28.6. The van der Waals surface area contributed by atoms with Crippen LogP contribution in [0.3, 0.4) is 0 Å². The van der Waals surface area contributed by atoms with Crippen molar-refractivity contribution in [2.24, 2.45) is 17.3 Å². The fraction of sp³-hybridized carbons (Fsp3) is 0.700. The lowest BCUT2D eigenvalue weighted by molar-refractivity contribution is -0.156. The average molecular weight is 527 g/mol. The number of carbonyl (C=O) groups is 3. The highest BCUT2D eigenvalue weighted by atomic mass is 16.5. The van der Waals surface area contributed by atoms with Crippen molar-refractivity contribution in [1.29, 1.82) is 0 Å². The van der Waals surface area contributed by atoms with Crippen LogP contribution < -0.4 is 5.32 Å². The highest BCUT2D eigenvalue weighted by Crippen LogP contribution is 2.33. The van der Waals surface area contributed by atoms with Crippen molar-refractivity contribution in [3.05, 3.63) is 34.9 Å². The van der Waals surface area contributed by atoms with E-state index in [1.807, 2.05) is 25.7 Å². The van der Waals surface area contributed by atoms with Crippen LogP contribution in [0.2, 0.25) is 0 Å². The molecule has 1 saturated carbocycles. The number of fused-ring (bicyclic) bond motifs is 1. The fourth-order valence-corrected chi connectivity index (χ4v) is 6.60. The Hall–Kier alpha value is -2.45. The molecular weight excluding hydrogens is 480 g/mol. The maximum absolute atomic E-state index is 13.8. The standard InChI is InChI=1S/C30H46N4O4/c1-21-8-7-11-23-17-33(19-26(21)23)25-12-14-32(15-13-25)29(37)27(30(2,3)4)31-28(36)24(18-34(38)20-35)16-22-9-5-6-10-22/h7-8,11,20,22,24-25,27,38H,5-6,9-10,12-19H2,1-4H3,(H,31,36)/t24-,27-/m1/s1. The van der Waals surface area contributed by atoms with Crippen LogP contribution >= 0.6 is 0 Å². The second-order valence-electron chi connectivity index (χ2n) is 12.8. The van der Waals surface area contributed by atoms with E-state index >= 15 is 0 Å². The van der Waals surface area contributed by atoms with E-state index in [1.54, 1.807) is 0 Å². The lowest BCUT2D eigenvalue weighted by Crippen LogP contribution is -2.58. The minimum absolute atomic E-state index is 0.0410. The number of piperidine rings is 1. The first-order valence-corrected chi connectivity index (χ1v) is 14.4. The SMILES string of the molecule is Cc1cccc2c1CN(C1CCN(C(=O)[C@@H](NC(=O)[C@H](CC3CCCC3)CN(O)C=O)C(C)(C)C)CC1)C2. The van der Waals surface area contributed by atoms with Gasteiger partial charge in [0.15, 0.2) is 0 Å². The zero-order valence-corrected chi connectivity index (χ0v) is 23.6. The molecule has 8 nitrogen and oxygen atoms in total. The summed E-state index contributed by atoms with van der Waals surface area (Å²) in [6, 6.07) is 6.32. The highest BCUT2D eigenvalue weighted by Gasteiger charge is 2.39. The maximum Gasteiger partial charge on any atom is 0.245 e. The minimum atomic E-state index is -0.667. The Morgan fingerprint density at radius 3 is 2.42 bits per heavy atom. The molecule has 38 heavy (non-hydrogen) atoms. The molecule has 1 aromatic carbocycles. The van der Waals surface area contributed by atoms with Gasteiger partial charge in [0.1, 0.15) is 6.04 Å². The number of nitrogens with zero attached hydrogens (tertiary/aromatic N) is 3. The summed E-state index contributed by atoms with van der Waals surface area (Å²) in [5.74, 6) is -0.432. The van der Waals surface area contributed by atoms with Gasteiger partial charge in [0, 0.05) is 32.2 Å². The summed E-state index contributed by atoms with van der Waals surface area (Å²) < 4.78 is 0. The molecular formula is C30H46N4O4. The number of likely N-dealkylation sites (tertiary alicyclic amines) is 1. The maximum atomic E-state index is 13.8. The van der Waals surface area contributed by atoms with Crippen molar-refractivity contribution in [3.63, 3.8) is 0 Å². The van der Waals surface area contributed by atoms with Gasteiger partial charge < -0.3 is 10.2 Å². The Labute approximate surface area is 227 Å². The Balaban J connectivity index is 1.37. The fourth-order valence-electron chi connectivity index (χ4n) is 6.60. The van der Waals surface area contributed by atoms with Crippen LogP contribution in [0.4, 0.5) is 0 Å². The van der Waals surface area contributed by atoms with Gasteiger partial charge in [0.25, 0.3) is 0 Å². The first-order valence-electron chi connectivity index (χ1n) is 14.4.